The number of benzene rings is 1. The van der Waals surface area contributed by atoms with Gasteiger partial charge in [0.25, 0.3) is 0 Å². The van der Waals surface area contributed by atoms with Crippen LogP contribution in [0.5, 0.6) is 0 Å². The van der Waals surface area contributed by atoms with Gasteiger partial charge in [0.15, 0.2) is 9.84 Å². The van der Waals surface area contributed by atoms with Crippen LogP contribution in [0.3, 0.4) is 0 Å². The molecule has 2 rings (SSSR count). The van der Waals surface area contributed by atoms with Gasteiger partial charge in [-0.25, -0.2) is 8.42 Å². The molecule has 5 heteroatoms. The minimum Gasteiger partial charge on any atom is -0.314 e. The first kappa shape index (κ1) is 15.5. The SMILES string of the molecule is CCCN(C1CNC1)C(C)c1ccc(S(C)(=O)=O)cc1. The molecular formula is C15H24N2O2S. The molecule has 0 aromatic heterocycles. The van der Waals surface area contributed by atoms with Gasteiger partial charge < -0.3 is 5.32 Å². The number of nitrogens with one attached hydrogen (secondary N) is 1. The first-order valence-electron chi connectivity index (χ1n) is 7.20. The molecule has 1 aliphatic rings. The Balaban J connectivity index is 2.16. The molecule has 112 valence electrons. The highest BCUT2D eigenvalue weighted by molar-refractivity contribution is 7.90. The van der Waals surface area contributed by atoms with Gasteiger partial charge in [-0.3, -0.25) is 4.90 Å². The van der Waals surface area contributed by atoms with E-state index in [1.807, 2.05) is 12.1 Å². The smallest absolute Gasteiger partial charge is 0.175 e. The summed E-state index contributed by atoms with van der Waals surface area (Å²) in [4.78, 5) is 2.90. The molecule has 1 atom stereocenters. The Hall–Kier alpha value is -0.910. The second kappa shape index (κ2) is 6.24. The van der Waals surface area contributed by atoms with Crippen LogP contribution in [-0.4, -0.2) is 45.2 Å². The van der Waals surface area contributed by atoms with Crippen LogP contribution in [0.1, 0.15) is 31.9 Å². The van der Waals surface area contributed by atoms with E-state index >= 15 is 0 Å². The number of rotatable bonds is 6. The van der Waals surface area contributed by atoms with Crippen molar-refractivity contribution in [3.8, 4) is 0 Å². The van der Waals surface area contributed by atoms with Crippen molar-refractivity contribution in [3.05, 3.63) is 29.8 Å². The average Bonchev–Trinajstić information content (AvgIpc) is 2.34. The zero-order chi connectivity index (χ0) is 14.8. The van der Waals surface area contributed by atoms with Crippen molar-refractivity contribution in [2.45, 2.75) is 37.2 Å². The lowest BCUT2D eigenvalue weighted by molar-refractivity contribution is 0.103. The molecule has 1 aromatic rings. The van der Waals surface area contributed by atoms with E-state index in [1.165, 1.54) is 11.8 Å². The summed E-state index contributed by atoms with van der Waals surface area (Å²) in [7, 11) is -3.11. The van der Waals surface area contributed by atoms with E-state index in [1.54, 1.807) is 12.1 Å². The summed E-state index contributed by atoms with van der Waals surface area (Å²) in [6, 6.07) is 8.22. The minimum absolute atomic E-state index is 0.315. The van der Waals surface area contributed by atoms with Gasteiger partial charge in [-0.05, 0) is 37.6 Å². The molecule has 0 bridgehead atoms. The van der Waals surface area contributed by atoms with Gasteiger partial charge in [0, 0.05) is 31.4 Å². The molecule has 1 saturated heterocycles. The molecule has 4 nitrogen and oxygen atoms in total. The standard InChI is InChI=1S/C15H24N2O2S/c1-4-9-17(14-10-16-11-14)12(2)13-5-7-15(8-6-13)20(3,18)19/h5-8,12,14,16H,4,9-11H2,1-3H3. The monoisotopic (exact) mass is 296 g/mol. The van der Waals surface area contributed by atoms with Crippen LogP contribution >= 0.6 is 0 Å². The van der Waals surface area contributed by atoms with E-state index in [0.717, 1.165) is 26.1 Å². The van der Waals surface area contributed by atoms with E-state index in [2.05, 4.69) is 24.1 Å². The van der Waals surface area contributed by atoms with E-state index in [4.69, 9.17) is 0 Å². The molecule has 1 unspecified atom stereocenters. The molecule has 1 aromatic carbocycles. The third-order valence-electron chi connectivity index (χ3n) is 4.00. The van der Waals surface area contributed by atoms with E-state index in [0.29, 0.717) is 17.0 Å². The van der Waals surface area contributed by atoms with Crippen LogP contribution in [-0.2, 0) is 9.84 Å². The lowest BCUT2D eigenvalue weighted by Crippen LogP contribution is -2.57. The molecule has 0 saturated carbocycles. The zero-order valence-corrected chi connectivity index (χ0v) is 13.3. The number of nitrogens with zero attached hydrogens (tertiary/aromatic N) is 1. The van der Waals surface area contributed by atoms with E-state index < -0.39 is 9.84 Å². The topological polar surface area (TPSA) is 49.4 Å². The highest BCUT2D eigenvalue weighted by Gasteiger charge is 2.28. The Labute approximate surface area is 122 Å². The summed E-state index contributed by atoms with van der Waals surface area (Å²) in [5.74, 6) is 0. The van der Waals surface area contributed by atoms with Gasteiger partial charge in [-0.2, -0.15) is 0 Å². The Kier molecular flexibility index (Phi) is 4.83. The lowest BCUT2D eigenvalue weighted by atomic mass is 10.0. The molecular weight excluding hydrogens is 272 g/mol. The number of hydrogen-bond acceptors (Lipinski definition) is 4. The second-order valence-electron chi connectivity index (χ2n) is 5.57. The van der Waals surface area contributed by atoms with E-state index in [9.17, 15) is 8.42 Å². The van der Waals surface area contributed by atoms with Crippen LogP contribution in [0.15, 0.2) is 29.2 Å². The molecule has 1 heterocycles. The normalized spacial score (nSPS) is 18.0. The Morgan fingerprint density at radius 2 is 1.90 bits per heavy atom. The van der Waals surface area contributed by atoms with Crippen molar-refractivity contribution in [1.29, 1.82) is 0 Å². The van der Waals surface area contributed by atoms with Crippen LogP contribution in [0, 0.1) is 0 Å². The highest BCUT2D eigenvalue weighted by Crippen LogP contribution is 2.25. The number of sulfone groups is 1. The third kappa shape index (κ3) is 3.40. The lowest BCUT2D eigenvalue weighted by Gasteiger charge is -2.42. The zero-order valence-electron chi connectivity index (χ0n) is 12.5. The van der Waals surface area contributed by atoms with Crippen molar-refractivity contribution in [2.75, 3.05) is 25.9 Å². The summed E-state index contributed by atoms with van der Waals surface area (Å²) < 4.78 is 23.0. The molecule has 0 aliphatic carbocycles. The fourth-order valence-corrected chi connectivity index (χ4v) is 3.27. The molecule has 0 spiro atoms. The largest absolute Gasteiger partial charge is 0.314 e. The summed E-state index contributed by atoms with van der Waals surface area (Å²) >= 11 is 0. The minimum atomic E-state index is -3.11. The Morgan fingerprint density at radius 3 is 2.30 bits per heavy atom. The van der Waals surface area contributed by atoms with Crippen molar-refractivity contribution >= 4 is 9.84 Å². The fraction of sp³-hybridized carbons (Fsp3) is 0.600. The van der Waals surface area contributed by atoms with Crippen molar-refractivity contribution in [2.24, 2.45) is 0 Å². The highest BCUT2D eigenvalue weighted by atomic mass is 32.2. The summed E-state index contributed by atoms with van der Waals surface area (Å²) in [6.07, 6.45) is 2.37. The van der Waals surface area contributed by atoms with Gasteiger partial charge in [0.1, 0.15) is 0 Å². The molecule has 0 radical (unpaired) electrons. The quantitative estimate of drug-likeness (QED) is 0.870. The van der Waals surface area contributed by atoms with Crippen LogP contribution < -0.4 is 5.32 Å². The van der Waals surface area contributed by atoms with Crippen LogP contribution in [0.4, 0.5) is 0 Å². The van der Waals surface area contributed by atoms with Crippen molar-refractivity contribution in [1.82, 2.24) is 10.2 Å². The molecule has 20 heavy (non-hydrogen) atoms. The van der Waals surface area contributed by atoms with Gasteiger partial charge in [-0.15, -0.1) is 0 Å². The maximum absolute atomic E-state index is 11.5. The summed E-state index contributed by atoms with van der Waals surface area (Å²) in [5, 5.41) is 3.31. The second-order valence-corrected chi connectivity index (χ2v) is 7.58. The molecule has 1 aliphatic heterocycles. The first-order chi connectivity index (χ1) is 9.43. The number of hydrogen-bond donors (Lipinski definition) is 1. The first-order valence-corrected chi connectivity index (χ1v) is 9.09. The Morgan fingerprint density at radius 1 is 1.30 bits per heavy atom. The predicted octanol–water partition coefficient (Wildman–Crippen LogP) is 1.83. The van der Waals surface area contributed by atoms with Crippen LogP contribution in [0.2, 0.25) is 0 Å². The molecule has 1 fully saturated rings. The van der Waals surface area contributed by atoms with Gasteiger partial charge in [-0.1, -0.05) is 19.1 Å². The molecule has 1 N–H and O–H groups in total. The summed E-state index contributed by atoms with van der Waals surface area (Å²) in [5.41, 5.74) is 1.18. The average molecular weight is 296 g/mol. The van der Waals surface area contributed by atoms with Crippen LogP contribution in [0.25, 0.3) is 0 Å². The third-order valence-corrected chi connectivity index (χ3v) is 5.13. The fourth-order valence-electron chi connectivity index (χ4n) is 2.64. The maximum Gasteiger partial charge on any atom is 0.175 e. The van der Waals surface area contributed by atoms with E-state index in [-0.39, 0.29) is 0 Å². The maximum atomic E-state index is 11.5. The predicted molar refractivity (Wildman–Crippen MR) is 81.6 cm³/mol. The summed E-state index contributed by atoms with van der Waals surface area (Å²) in [6.45, 7) is 7.56. The van der Waals surface area contributed by atoms with Gasteiger partial charge >= 0.3 is 0 Å². The van der Waals surface area contributed by atoms with Crippen molar-refractivity contribution in [3.63, 3.8) is 0 Å². The van der Waals surface area contributed by atoms with Gasteiger partial charge in [0.2, 0.25) is 0 Å². The van der Waals surface area contributed by atoms with Crippen molar-refractivity contribution < 1.29 is 8.42 Å². The van der Waals surface area contributed by atoms with Gasteiger partial charge in [0.05, 0.1) is 4.90 Å². The molecule has 0 amide bonds. The Bertz CT molecular complexity index is 535.